The van der Waals surface area contributed by atoms with Crippen molar-refractivity contribution in [1.82, 2.24) is 0 Å². The molecule has 0 radical (unpaired) electrons. The van der Waals surface area contributed by atoms with E-state index in [-0.39, 0.29) is 37.1 Å². The highest BCUT2D eigenvalue weighted by atomic mass is 28.4. The van der Waals surface area contributed by atoms with E-state index in [0.717, 1.165) is 72.5 Å². The Morgan fingerprint density at radius 1 is 0.452 bits per heavy atom. The summed E-state index contributed by atoms with van der Waals surface area (Å²) in [6.07, 6.45) is -0.567. The molecule has 10 heteroatoms. The van der Waals surface area contributed by atoms with Gasteiger partial charge in [0, 0.05) is 6.61 Å². The van der Waals surface area contributed by atoms with E-state index in [2.05, 4.69) is 83.1 Å². The second-order valence-corrected chi connectivity index (χ2v) is 31.7. The minimum Gasteiger partial charge on any atom is -0.414 e. The average molecular weight is 665 g/mol. The number of aliphatic hydroxyl groups excluding tert-OH is 1. The molecule has 0 spiro atoms. The van der Waals surface area contributed by atoms with E-state index in [1.54, 1.807) is 0 Å². The Morgan fingerprint density at radius 2 is 0.762 bits per heavy atom. The third-order valence-electron chi connectivity index (χ3n) is 11.6. The van der Waals surface area contributed by atoms with Gasteiger partial charge in [-0.1, -0.05) is 83.1 Å². The van der Waals surface area contributed by atoms with Gasteiger partial charge in [-0.2, -0.15) is 0 Å². The smallest absolute Gasteiger partial charge is 0.192 e. The number of ether oxygens (including phenoxy) is 1. The van der Waals surface area contributed by atoms with Crippen molar-refractivity contribution < 1.29 is 27.5 Å². The van der Waals surface area contributed by atoms with Crippen LogP contribution in [0.15, 0.2) is 0 Å². The molecule has 0 aromatic carbocycles. The van der Waals surface area contributed by atoms with Gasteiger partial charge in [-0.15, -0.1) is 0 Å². The molecule has 0 aliphatic carbocycles. The Hall–Kier alpha value is 0.628. The molecule has 1 saturated heterocycles. The molecule has 4 unspecified atom stereocenters. The zero-order valence-corrected chi connectivity index (χ0v) is 34.0. The average Bonchev–Trinajstić information content (AvgIpc) is 3.04. The van der Waals surface area contributed by atoms with E-state index < -0.39 is 33.3 Å². The fourth-order valence-corrected chi connectivity index (χ4v) is 18.3. The first-order chi connectivity index (χ1) is 20.0. The molecule has 42 heavy (non-hydrogen) atoms. The molecule has 252 valence electrons. The first kappa shape index (κ1) is 40.7. The standard InChI is InChI=1S/C32H72O6Si4/c1-13-39(14-2,15-3)34-27-29-31(37-41(19-7,20-8)21-9)32(38-42(22-10,23-11)24-12)30(28(35-29)25-26-33)36-40(16-4,17-5)18-6/h28-33H,13-27H2,1-12H3/t28?,29?,30?,31-,32?/m1/s1. The van der Waals surface area contributed by atoms with Crippen molar-refractivity contribution in [2.24, 2.45) is 0 Å². The van der Waals surface area contributed by atoms with Gasteiger partial charge in [0.25, 0.3) is 0 Å². The van der Waals surface area contributed by atoms with Crippen molar-refractivity contribution in [3.63, 3.8) is 0 Å². The Kier molecular flexibility index (Phi) is 18.7. The van der Waals surface area contributed by atoms with E-state index in [0.29, 0.717) is 13.0 Å². The Balaban J connectivity index is 3.87. The second kappa shape index (κ2) is 19.3. The molecule has 1 rings (SSSR count). The SMILES string of the molecule is CC[Si](CC)(CC)OCC1OC(CCO)C(O[Si](CC)(CC)CC)C(O[Si](CC)(CC)CC)[C@@H]1O[Si](CC)(CC)CC. The number of hydrogen-bond donors (Lipinski definition) is 1. The zero-order chi connectivity index (χ0) is 32.0. The lowest BCUT2D eigenvalue weighted by Gasteiger charge is -2.53. The van der Waals surface area contributed by atoms with Crippen molar-refractivity contribution in [2.75, 3.05) is 13.2 Å². The Labute approximate surface area is 265 Å². The van der Waals surface area contributed by atoms with Crippen LogP contribution in [0.4, 0.5) is 0 Å². The molecule has 0 amide bonds. The van der Waals surface area contributed by atoms with Gasteiger partial charge in [0.1, 0.15) is 18.3 Å². The van der Waals surface area contributed by atoms with Crippen LogP contribution in [0.5, 0.6) is 0 Å². The van der Waals surface area contributed by atoms with Crippen molar-refractivity contribution >= 4 is 33.3 Å². The summed E-state index contributed by atoms with van der Waals surface area (Å²) in [5.74, 6) is 0. The van der Waals surface area contributed by atoms with Gasteiger partial charge >= 0.3 is 0 Å². The van der Waals surface area contributed by atoms with E-state index in [1.165, 1.54) is 0 Å². The molecule has 6 nitrogen and oxygen atoms in total. The molecular formula is C32H72O6Si4. The predicted molar refractivity (Wildman–Crippen MR) is 190 cm³/mol. The van der Waals surface area contributed by atoms with Crippen LogP contribution in [-0.4, -0.2) is 82.1 Å². The minimum absolute atomic E-state index is 0.0717. The Morgan fingerprint density at radius 3 is 1.07 bits per heavy atom. The molecule has 1 fully saturated rings. The van der Waals surface area contributed by atoms with Crippen LogP contribution < -0.4 is 0 Å². The van der Waals surface area contributed by atoms with E-state index in [1.807, 2.05) is 0 Å². The highest BCUT2D eigenvalue weighted by Crippen LogP contribution is 2.40. The normalized spacial score (nSPS) is 24.4. The molecule has 1 aliphatic rings. The highest BCUT2D eigenvalue weighted by Gasteiger charge is 2.54. The van der Waals surface area contributed by atoms with Crippen molar-refractivity contribution in [3.05, 3.63) is 0 Å². The first-order valence-corrected chi connectivity index (χ1v) is 28.1. The molecule has 0 aromatic rings. The lowest BCUT2D eigenvalue weighted by Crippen LogP contribution is -2.67. The van der Waals surface area contributed by atoms with Gasteiger partial charge in [0.05, 0.1) is 18.8 Å². The van der Waals surface area contributed by atoms with Crippen LogP contribution in [0.25, 0.3) is 0 Å². The van der Waals surface area contributed by atoms with Crippen LogP contribution in [-0.2, 0) is 22.4 Å². The van der Waals surface area contributed by atoms with E-state index in [4.69, 9.17) is 22.4 Å². The lowest BCUT2D eigenvalue weighted by atomic mass is 9.94. The van der Waals surface area contributed by atoms with Crippen LogP contribution in [0.2, 0.25) is 72.5 Å². The summed E-state index contributed by atoms with van der Waals surface area (Å²) >= 11 is 0. The monoisotopic (exact) mass is 664 g/mol. The van der Waals surface area contributed by atoms with Gasteiger partial charge in [-0.05, 0) is 78.9 Å². The van der Waals surface area contributed by atoms with Gasteiger partial charge in [0.2, 0.25) is 0 Å². The van der Waals surface area contributed by atoms with Gasteiger partial charge in [0.15, 0.2) is 33.3 Å². The van der Waals surface area contributed by atoms with E-state index >= 15 is 0 Å². The minimum atomic E-state index is -2.04. The number of hydrogen-bond acceptors (Lipinski definition) is 6. The van der Waals surface area contributed by atoms with Crippen LogP contribution in [0, 0.1) is 0 Å². The van der Waals surface area contributed by atoms with Crippen molar-refractivity contribution in [2.45, 2.75) is 193 Å². The van der Waals surface area contributed by atoms with Crippen LogP contribution >= 0.6 is 0 Å². The first-order valence-electron chi connectivity index (χ1n) is 18.0. The molecule has 0 bridgehead atoms. The third-order valence-corrected chi connectivity index (χ3v) is 30.1. The largest absolute Gasteiger partial charge is 0.414 e. The quantitative estimate of drug-likeness (QED) is 0.110. The highest BCUT2D eigenvalue weighted by molar-refractivity contribution is 6.75. The second-order valence-electron chi connectivity index (χ2n) is 12.8. The maximum Gasteiger partial charge on any atom is 0.192 e. The molecule has 1 aliphatic heterocycles. The van der Waals surface area contributed by atoms with E-state index in [9.17, 15) is 5.11 Å². The lowest BCUT2D eigenvalue weighted by molar-refractivity contribution is -0.218. The Bertz CT molecular complexity index is 680. The van der Waals surface area contributed by atoms with Crippen LogP contribution in [0.3, 0.4) is 0 Å². The summed E-state index contributed by atoms with van der Waals surface area (Å²) in [6, 6.07) is 13.0. The van der Waals surface area contributed by atoms with Gasteiger partial charge in [-0.3, -0.25) is 0 Å². The molecule has 5 atom stereocenters. The molecular weight excluding hydrogens is 593 g/mol. The molecule has 0 saturated carbocycles. The summed E-state index contributed by atoms with van der Waals surface area (Å²) in [6.45, 7) is 28.2. The van der Waals surface area contributed by atoms with Crippen LogP contribution in [0.1, 0.15) is 89.5 Å². The number of aliphatic hydroxyl groups is 1. The van der Waals surface area contributed by atoms with Gasteiger partial charge < -0.3 is 27.5 Å². The van der Waals surface area contributed by atoms with Gasteiger partial charge in [-0.25, -0.2) is 0 Å². The fraction of sp³-hybridized carbons (Fsp3) is 1.00. The summed E-state index contributed by atoms with van der Waals surface area (Å²) in [7, 11) is -7.94. The topological polar surface area (TPSA) is 66.4 Å². The molecule has 0 aromatic heterocycles. The maximum atomic E-state index is 10.3. The summed E-state index contributed by atoms with van der Waals surface area (Å²) in [5.41, 5.74) is 0. The zero-order valence-electron chi connectivity index (χ0n) is 30.0. The predicted octanol–water partition coefficient (Wildman–Crippen LogP) is 9.33. The molecule has 1 N–H and O–H groups in total. The maximum absolute atomic E-state index is 10.3. The summed E-state index contributed by atoms with van der Waals surface area (Å²) < 4.78 is 36.4. The summed E-state index contributed by atoms with van der Waals surface area (Å²) in [4.78, 5) is 0. The third kappa shape index (κ3) is 9.81. The molecule has 1 heterocycles. The summed E-state index contributed by atoms with van der Waals surface area (Å²) in [5, 5.41) is 10.3. The van der Waals surface area contributed by atoms with Crippen molar-refractivity contribution in [3.8, 4) is 0 Å². The van der Waals surface area contributed by atoms with Crippen molar-refractivity contribution in [1.29, 1.82) is 0 Å². The number of rotatable bonds is 23. The fourth-order valence-electron chi connectivity index (χ4n) is 7.08.